The fourth-order valence-electron chi connectivity index (χ4n) is 1.69. The molecule has 0 aliphatic rings. The predicted molar refractivity (Wildman–Crippen MR) is 70.3 cm³/mol. The Kier molecular flexibility index (Phi) is 3.53. The maximum atomic E-state index is 12.3. The summed E-state index contributed by atoms with van der Waals surface area (Å²) in [6.07, 6.45) is 0. The highest BCUT2D eigenvalue weighted by Crippen LogP contribution is 2.19. The van der Waals surface area contributed by atoms with Crippen molar-refractivity contribution in [1.29, 1.82) is 0 Å². The first kappa shape index (κ1) is 12.0. The monoisotopic (exact) mass is 238 g/mol. The zero-order valence-corrected chi connectivity index (χ0v) is 9.72. The summed E-state index contributed by atoms with van der Waals surface area (Å²) >= 11 is 0. The average molecular weight is 238 g/mol. The molecule has 2 aromatic rings. The van der Waals surface area contributed by atoms with Crippen LogP contribution in [0, 0.1) is 6.92 Å². The zero-order chi connectivity index (χ0) is 13.0. The second-order valence-corrected chi connectivity index (χ2v) is 3.79. The largest absolute Gasteiger partial charge is 0.325 e. The molecule has 0 saturated carbocycles. The van der Waals surface area contributed by atoms with Crippen molar-refractivity contribution in [3.05, 3.63) is 72.6 Å². The van der Waals surface area contributed by atoms with E-state index in [0.29, 0.717) is 16.8 Å². The number of ketones is 1. The molecule has 0 unspecified atom stereocenters. The number of hydrogen-bond donors (Lipinski definition) is 1. The van der Waals surface area contributed by atoms with Crippen LogP contribution in [-0.2, 0) is 4.79 Å². The lowest BCUT2D eigenvalue weighted by atomic mass is 10.0. The highest BCUT2D eigenvalue weighted by Gasteiger charge is 2.13. The minimum atomic E-state index is -0.441. The van der Waals surface area contributed by atoms with E-state index in [2.05, 4.69) is 12.2 Å². The van der Waals surface area contributed by atoms with E-state index in [9.17, 15) is 9.59 Å². The van der Waals surface area contributed by atoms with Crippen LogP contribution in [0.3, 0.4) is 0 Å². The molecule has 0 spiro atoms. The number of amides is 1. The molecule has 2 rings (SSSR count). The molecule has 89 valence electrons. The Hall–Kier alpha value is -2.42. The number of carbonyl (C=O) groups excluding carboxylic acids is 2. The number of nitrogens with one attached hydrogen (secondary N) is 1. The van der Waals surface area contributed by atoms with Gasteiger partial charge in [0, 0.05) is 18.1 Å². The Morgan fingerprint density at radius 2 is 1.50 bits per heavy atom. The highest BCUT2D eigenvalue weighted by atomic mass is 16.1. The fourth-order valence-corrected chi connectivity index (χ4v) is 1.69. The summed E-state index contributed by atoms with van der Waals surface area (Å²) in [7, 11) is 0. The van der Waals surface area contributed by atoms with Crippen LogP contribution in [-0.4, -0.2) is 11.7 Å². The number of anilines is 1. The summed E-state index contributed by atoms with van der Waals surface area (Å²) in [4.78, 5) is 23.3. The van der Waals surface area contributed by atoms with E-state index in [1.165, 1.54) is 0 Å². The smallest absolute Gasteiger partial charge is 0.224 e. The number of para-hydroxylation sites is 1. The molecule has 3 heteroatoms. The van der Waals surface area contributed by atoms with E-state index in [0.717, 1.165) is 0 Å². The zero-order valence-electron chi connectivity index (χ0n) is 9.72. The van der Waals surface area contributed by atoms with Crippen LogP contribution in [0.25, 0.3) is 0 Å². The molecule has 0 aliphatic heterocycles. The second-order valence-electron chi connectivity index (χ2n) is 3.79. The average Bonchev–Trinajstić information content (AvgIpc) is 2.39. The number of benzene rings is 2. The molecule has 1 amide bonds. The summed E-state index contributed by atoms with van der Waals surface area (Å²) in [5.41, 5.74) is 1.52. The van der Waals surface area contributed by atoms with Crippen molar-refractivity contribution in [2.45, 2.75) is 0 Å². The molecule has 0 bridgehead atoms. The van der Waals surface area contributed by atoms with E-state index in [1.807, 2.05) is 6.07 Å². The Bertz CT molecular complexity index is 576. The maximum absolute atomic E-state index is 12.3. The van der Waals surface area contributed by atoms with Crippen LogP contribution in [0.2, 0.25) is 0 Å². The summed E-state index contributed by atoms with van der Waals surface area (Å²) in [6.45, 7) is 3.25. The number of rotatable bonds is 3. The molecule has 0 aromatic heterocycles. The summed E-state index contributed by atoms with van der Waals surface area (Å²) in [6, 6.07) is 15.8. The van der Waals surface area contributed by atoms with Crippen molar-refractivity contribution >= 4 is 17.4 Å². The summed E-state index contributed by atoms with van der Waals surface area (Å²) < 4.78 is 0. The van der Waals surface area contributed by atoms with Crippen LogP contribution in [0.5, 0.6) is 0 Å². The van der Waals surface area contributed by atoms with Gasteiger partial charge in [-0.2, -0.15) is 0 Å². The van der Waals surface area contributed by atoms with Gasteiger partial charge in [-0.05, 0) is 12.1 Å². The third kappa shape index (κ3) is 2.63. The summed E-state index contributed by atoms with van der Waals surface area (Å²) in [5.74, 6) is -0.566. The fraction of sp³-hybridized carbons (Fsp3) is 0. The van der Waals surface area contributed by atoms with Crippen LogP contribution in [0.4, 0.5) is 5.69 Å². The standard InChI is InChI=1S/C15H12NO2/c1-11(17)16-14-10-6-5-9-13(14)15(18)12-7-3-2-4-8-12/h2-10H,1H2,(H,16,17). The van der Waals surface area contributed by atoms with E-state index >= 15 is 0 Å². The Labute approximate surface area is 105 Å². The first-order chi connectivity index (χ1) is 8.68. The molecular formula is C15H12NO2. The van der Waals surface area contributed by atoms with Gasteiger partial charge in [-0.1, -0.05) is 42.5 Å². The first-order valence-electron chi connectivity index (χ1n) is 5.50. The van der Waals surface area contributed by atoms with Gasteiger partial charge >= 0.3 is 0 Å². The molecule has 0 saturated heterocycles. The minimum Gasteiger partial charge on any atom is -0.325 e. The number of hydrogen-bond acceptors (Lipinski definition) is 2. The maximum Gasteiger partial charge on any atom is 0.224 e. The first-order valence-corrected chi connectivity index (χ1v) is 5.50. The topological polar surface area (TPSA) is 46.2 Å². The number of carbonyl (C=O) groups is 2. The van der Waals surface area contributed by atoms with Gasteiger partial charge in [-0.3, -0.25) is 9.59 Å². The van der Waals surface area contributed by atoms with Crippen LogP contribution < -0.4 is 5.32 Å². The van der Waals surface area contributed by atoms with Gasteiger partial charge in [0.1, 0.15) is 0 Å². The van der Waals surface area contributed by atoms with Gasteiger partial charge < -0.3 is 5.32 Å². The molecule has 3 nitrogen and oxygen atoms in total. The van der Waals surface area contributed by atoms with Crippen molar-refractivity contribution < 1.29 is 9.59 Å². The lowest BCUT2D eigenvalue weighted by Gasteiger charge is -2.08. The molecule has 0 atom stereocenters. The Morgan fingerprint density at radius 1 is 0.889 bits per heavy atom. The lowest BCUT2D eigenvalue weighted by Crippen LogP contribution is -2.11. The molecule has 0 heterocycles. The molecule has 2 aromatic carbocycles. The van der Waals surface area contributed by atoms with Gasteiger partial charge in [0.2, 0.25) is 5.91 Å². The summed E-state index contributed by atoms with van der Waals surface area (Å²) in [5, 5.41) is 2.55. The Morgan fingerprint density at radius 3 is 2.17 bits per heavy atom. The van der Waals surface area contributed by atoms with Crippen molar-refractivity contribution in [2.75, 3.05) is 5.32 Å². The van der Waals surface area contributed by atoms with Crippen LogP contribution >= 0.6 is 0 Å². The minimum absolute atomic E-state index is 0.125. The van der Waals surface area contributed by atoms with E-state index in [4.69, 9.17) is 0 Å². The molecule has 1 radical (unpaired) electrons. The molecule has 0 aliphatic carbocycles. The van der Waals surface area contributed by atoms with E-state index in [1.54, 1.807) is 48.5 Å². The van der Waals surface area contributed by atoms with Crippen molar-refractivity contribution in [1.82, 2.24) is 0 Å². The van der Waals surface area contributed by atoms with Crippen molar-refractivity contribution in [2.24, 2.45) is 0 Å². The third-order valence-electron chi connectivity index (χ3n) is 2.48. The third-order valence-corrected chi connectivity index (χ3v) is 2.48. The highest BCUT2D eigenvalue weighted by molar-refractivity contribution is 6.14. The molecular weight excluding hydrogens is 226 g/mol. The van der Waals surface area contributed by atoms with Crippen LogP contribution in [0.1, 0.15) is 15.9 Å². The molecule has 18 heavy (non-hydrogen) atoms. The van der Waals surface area contributed by atoms with E-state index in [-0.39, 0.29) is 5.78 Å². The predicted octanol–water partition coefficient (Wildman–Crippen LogP) is 2.69. The second kappa shape index (κ2) is 5.27. The van der Waals surface area contributed by atoms with E-state index < -0.39 is 5.91 Å². The quantitative estimate of drug-likeness (QED) is 0.836. The van der Waals surface area contributed by atoms with Crippen LogP contribution in [0.15, 0.2) is 54.6 Å². The lowest BCUT2D eigenvalue weighted by molar-refractivity contribution is -0.112. The van der Waals surface area contributed by atoms with Gasteiger partial charge in [-0.25, -0.2) is 0 Å². The normalized spacial score (nSPS) is 9.83. The van der Waals surface area contributed by atoms with Gasteiger partial charge in [0.15, 0.2) is 5.78 Å². The van der Waals surface area contributed by atoms with Gasteiger partial charge in [-0.15, -0.1) is 0 Å². The molecule has 0 fully saturated rings. The van der Waals surface area contributed by atoms with Crippen molar-refractivity contribution in [3.8, 4) is 0 Å². The molecule has 1 N–H and O–H groups in total. The van der Waals surface area contributed by atoms with Gasteiger partial charge in [0.25, 0.3) is 0 Å². The van der Waals surface area contributed by atoms with Crippen molar-refractivity contribution in [3.63, 3.8) is 0 Å². The van der Waals surface area contributed by atoms with Gasteiger partial charge in [0.05, 0.1) is 5.69 Å². The SMILES string of the molecule is [CH2]C(=O)Nc1ccccc1C(=O)c1ccccc1. The Balaban J connectivity index is 2.39.